The molecule has 0 unspecified atom stereocenters. The molecule has 0 spiro atoms. The van der Waals surface area contributed by atoms with Crippen LogP contribution in [0.1, 0.15) is 58.7 Å². The Balaban J connectivity index is 1.79. The number of ether oxygens (including phenoxy) is 1. The molecule has 0 aliphatic carbocycles. The van der Waals surface area contributed by atoms with E-state index in [1.165, 1.54) is 0 Å². The Bertz CT molecular complexity index is 863. The minimum absolute atomic E-state index is 0.0670. The van der Waals surface area contributed by atoms with Crippen molar-refractivity contribution in [2.45, 2.75) is 78.7 Å². The van der Waals surface area contributed by atoms with Crippen molar-refractivity contribution in [3.63, 3.8) is 0 Å². The number of likely N-dealkylation sites (tertiary alicyclic amines) is 1. The van der Waals surface area contributed by atoms with Crippen molar-refractivity contribution < 1.29 is 14.6 Å². The Kier molecular flexibility index (Phi) is 6.31. The number of piperidine rings is 1. The number of carbonyl (C=O) groups is 1. The molecular formula is C21H33N5O3. The summed E-state index contributed by atoms with van der Waals surface area (Å²) in [5.41, 5.74) is 3.01. The molecule has 0 aromatic carbocycles. The van der Waals surface area contributed by atoms with Crippen LogP contribution in [0.3, 0.4) is 0 Å². The molecular weight excluding hydrogens is 370 g/mol. The van der Waals surface area contributed by atoms with Gasteiger partial charge in [-0.05, 0) is 47.0 Å². The van der Waals surface area contributed by atoms with E-state index < -0.39 is 5.60 Å². The lowest BCUT2D eigenvalue weighted by molar-refractivity contribution is 0.0210. The van der Waals surface area contributed by atoms with E-state index in [4.69, 9.17) is 9.72 Å². The fourth-order valence-corrected chi connectivity index (χ4v) is 3.77. The number of aliphatic hydroxyl groups is 1. The van der Waals surface area contributed by atoms with Gasteiger partial charge in [0.1, 0.15) is 5.60 Å². The largest absolute Gasteiger partial charge is 0.444 e. The van der Waals surface area contributed by atoms with Gasteiger partial charge in [0.25, 0.3) is 0 Å². The monoisotopic (exact) mass is 403 g/mol. The molecule has 2 N–H and O–H groups in total. The van der Waals surface area contributed by atoms with Crippen molar-refractivity contribution in [3.05, 3.63) is 17.5 Å². The lowest BCUT2D eigenvalue weighted by Gasteiger charge is -2.34. The molecule has 1 aliphatic rings. The zero-order chi connectivity index (χ0) is 21.2. The fraction of sp³-hybridized carbons (Fsp3) is 0.667. The smallest absolute Gasteiger partial charge is 0.410 e. The topological polar surface area (TPSA) is 92.5 Å². The maximum Gasteiger partial charge on any atom is 0.410 e. The van der Waals surface area contributed by atoms with Gasteiger partial charge in [0.05, 0.1) is 29.6 Å². The van der Waals surface area contributed by atoms with Crippen molar-refractivity contribution in [1.82, 2.24) is 19.7 Å². The number of amides is 1. The third kappa shape index (κ3) is 4.63. The quantitative estimate of drug-likeness (QED) is 0.796. The van der Waals surface area contributed by atoms with Gasteiger partial charge in [0.2, 0.25) is 0 Å². The summed E-state index contributed by atoms with van der Waals surface area (Å²) in [6.07, 6.45) is 3.94. The lowest BCUT2D eigenvalue weighted by atomic mass is 10.0. The number of nitrogens with one attached hydrogen (secondary N) is 1. The highest BCUT2D eigenvalue weighted by atomic mass is 16.6. The van der Waals surface area contributed by atoms with Gasteiger partial charge in [-0.2, -0.15) is 5.10 Å². The number of carbonyl (C=O) groups excluding carboxylic acids is 1. The average molecular weight is 404 g/mol. The van der Waals surface area contributed by atoms with Crippen molar-refractivity contribution in [2.24, 2.45) is 0 Å². The van der Waals surface area contributed by atoms with E-state index in [9.17, 15) is 9.90 Å². The summed E-state index contributed by atoms with van der Waals surface area (Å²) < 4.78 is 7.37. The second-order valence-corrected chi connectivity index (χ2v) is 8.51. The molecule has 1 saturated heterocycles. The molecule has 3 heterocycles. The van der Waals surface area contributed by atoms with Gasteiger partial charge in [-0.3, -0.25) is 0 Å². The molecule has 8 heteroatoms. The zero-order valence-corrected chi connectivity index (χ0v) is 18.2. The van der Waals surface area contributed by atoms with Gasteiger partial charge in [0, 0.05) is 31.2 Å². The maximum absolute atomic E-state index is 12.3. The first kappa shape index (κ1) is 21.4. The molecule has 0 saturated carbocycles. The third-order valence-electron chi connectivity index (χ3n) is 5.26. The van der Waals surface area contributed by atoms with Crippen molar-refractivity contribution in [3.8, 4) is 0 Å². The van der Waals surface area contributed by atoms with Crippen LogP contribution in [-0.4, -0.2) is 55.6 Å². The second-order valence-electron chi connectivity index (χ2n) is 8.51. The third-order valence-corrected chi connectivity index (χ3v) is 5.26. The molecule has 1 amide bonds. The van der Waals surface area contributed by atoms with E-state index in [0.717, 1.165) is 53.8 Å². The number of nitrogens with zero attached hydrogens (tertiary/aromatic N) is 4. The predicted molar refractivity (Wildman–Crippen MR) is 113 cm³/mol. The Morgan fingerprint density at radius 3 is 2.55 bits per heavy atom. The molecule has 2 aromatic heterocycles. The molecule has 1 fully saturated rings. The molecule has 0 bridgehead atoms. The van der Waals surface area contributed by atoms with Crippen molar-refractivity contribution >= 4 is 22.8 Å². The molecule has 160 valence electrons. The van der Waals surface area contributed by atoms with E-state index >= 15 is 0 Å². The van der Waals surface area contributed by atoms with Crippen molar-refractivity contribution in [2.75, 3.05) is 18.4 Å². The SMILES string of the molecule is CCc1nc2c(cnn2CC)c(NC2CCN(C(=O)OC(C)(C)C)CC2)c1CO. The van der Waals surface area contributed by atoms with E-state index in [0.29, 0.717) is 13.1 Å². The Morgan fingerprint density at radius 2 is 2.00 bits per heavy atom. The minimum atomic E-state index is -0.485. The number of anilines is 1. The van der Waals surface area contributed by atoms with Crippen LogP contribution in [0.15, 0.2) is 6.20 Å². The number of hydrogen-bond donors (Lipinski definition) is 2. The van der Waals surface area contributed by atoms with E-state index in [2.05, 4.69) is 10.4 Å². The first-order chi connectivity index (χ1) is 13.8. The van der Waals surface area contributed by atoms with Crippen LogP contribution in [0.25, 0.3) is 11.0 Å². The Morgan fingerprint density at radius 1 is 1.31 bits per heavy atom. The summed E-state index contributed by atoms with van der Waals surface area (Å²) in [6.45, 7) is 11.7. The molecule has 0 radical (unpaired) electrons. The zero-order valence-electron chi connectivity index (χ0n) is 18.2. The predicted octanol–water partition coefficient (Wildman–Crippen LogP) is 3.32. The number of aliphatic hydroxyl groups excluding tert-OH is 1. The molecule has 1 aliphatic heterocycles. The van der Waals surface area contributed by atoms with Crippen molar-refractivity contribution in [1.29, 1.82) is 0 Å². The number of pyridine rings is 1. The summed E-state index contributed by atoms with van der Waals surface area (Å²) in [5.74, 6) is 0. The number of rotatable bonds is 5. The Labute approximate surface area is 172 Å². The highest BCUT2D eigenvalue weighted by molar-refractivity contribution is 5.91. The van der Waals surface area contributed by atoms with Gasteiger partial charge < -0.3 is 20.1 Å². The molecule has 0 atom stereocenters. The van der Waals surface area contributed by atoms with Crippen LogP contribution in [-0.2, 0) is 24.3 Å². The fourth-order valence-electron chi connectivity index (χ4n) is 3.77. The summed E-state index contributed by atoms with van der Waals surface area (Å²) in [7, 11) is 0. The average Bonchev–Trinajstić information content (AvgIpc) is 3.09. The highest BCUT2D eigenvalue weighted by Crippen LogP contribution is 2.31. The highest BCUT2D eigenvalue weighted by Gasteiger charge is 2.28. The minimum Gasteiger partial charge on any atom is -0.444 e. The summed E-state index contributed by atoms with van der Waals surface area (Å²) in [5, 5.41) is 19.0. The van der Waals surface area contributed by atoms with Crippen LogP contribution in [0.4, 0.5) is 10.5 Å². The first-order valence-corrected chi connectivity index (χ1v) is 10.5. The second kappa shape index (κ2) is 8.57. The summed E-state index contributed by atoms with van der Waals surface area (Å²) >= 11 is 0. The molecule has 2 aromatic rings. The van der Waals surface area contributed by atoms with Crippen LogP contribution >= 0.6 is 0 Å². The summed E-state index contributed by atoms with van der Waals surface area (Å²) in [4.78, 5) is 18.8. The molecule has 29 heavy (non-hydrogen) atoms. The van der Waals surface area contributed by atoms with E-state index in [1.807, 2.05) is 45.5 Å². The number of aromatic nitrogens is 3. The molecule has 8 nitrogen and oxygen atoms in total. The van der Waals surface area contributed by atoms with Gasteiger partial charge in [0.15, 0.2) is 5.65 Å². The van der Waals surface area contributed by atoms with Crippen LogP contribution in [0.2, 0.25) is 0 Å². The van der Waals surface area contributed by atoms with E-state index in [-0.39, 0.29) is 18.7 Å². The molecule has 3 rings (SSSR count). The van der Waals surface area contributed by atoms with Crippen LogP contribution in [0, 0.1) is 0 Å². The van der Waals surface area contributed by atoms with Gasteiger partial charge >= 0.3 is 6.09 Å². The standard InChI is InChI=1S/C21H33N5O3/c1-6-17-16(13-27)18(15-12-22-26(7-2)19(15)24-17)23-14-8-10-25(11-9-14)20(28)29-21(3,4)5/h12,14,27H,6-11,13H2,1-5H3,(H,23,24). The number of aryl methyl sites for hydroxylation is 2. The van der Waals surface area contributed by atoms with Gasteiger partial charge in [-0.25, -0.2) is 14.5 Å². The number of fused-ring (bicyclic) bond motifs is 1. The van der Waals surface area contributed by atoms with Gasteiger partial charge in [-0.1, -0.05) is 6.92 Å². The lowest BCUT2D eigenvalue weighted by Crippen LogP contribution is -2.44. The van der Waals surface area contributed by atoms with Gasteiger partial charge in [-0.15, -0.1) is 0 Å². The first-order valence-electron chi connectivity index (χ1n) is 10.5. The normalized spacial score (nSPS) is 15.7. The summed E-state index contributed by atoms with van der Waals surface area (Å²) in [6, 6.07) is 0.208. The Hall–Kier alpha value is -2.35. The maximum atomic E-state index is 12.3. The van der Waals surface area contributed by atoms with Crippen LogP contribution in [0.5, 0.6) is 0 Å². The van der Waals surface area contributed by atoms with Crippen LogP contribution < -0.4 is 5.32 Å². The number of hydrogen-bond acceptors (Lipinski definition) is 6. The van der Waals surface area contributed by atoms with E-state index in [1.54, 1.807) is 4.90 Å².